The van der Waals surface area contributed by atoms with Gasteiger partial charge in [-0.05, 0) is 20.3 Å². The summed E-state index contributed by atoms with van der Waals surface area (Å²) in [6.07, 6.45) is 1.98. The fourth-order valence-corrected chi connectivity index (χ4v) is 0.768. The smallest absolute Gasteiger partial charge is 0.311 e. The Morgan fingerprint density at radius 2 is 2.36 bits per heavy atom. The first-order valence-corrected chi connectivity index (χ1v) is 3.55. The maximum absolute atomic E-state index is 10.7. The van der Waals surface area contributed by atoms with Gasteiger partial charge >= 0.3 is 5.97 Å². The van der Waals surface area contributed by atoms with Gasteiger partial charge in [0.05, 0.1) is 5.41 Å². The van der Waals surface area contributed by atoms with E-state index in [1.54, 1.807) is 19.9 Å². The Balaban J connectivity index is 4.51. The molecule has 0 bridgehead atoms. The van der Waals surface area contributed by atoms with Gasteiger partial charge in [-0.2, -0.15) is 0 Å². The molecule has 0 spiro atoms. The number of rotatable bonds is 4. The lowest BCUT2D eigenvalue weighted by Gasteiger charge is -2.27. The predicted molar refractivity (Wildman–Crippen MR) is 44.2 cm³/mol. The second-order valence-electron chi connectivity index (χ2n) is 3.00. The molecule has 0 aromatic rings. The number of hydrogen-bond donors (Lipinski definition) is 2. The van der Waals surface area contributed by atoms with Crippen molar-refractivity contribution in [2.45, 2.75) is 26.3 Å². The zero-order chi connectivity index (χ0) is 9.07. The number of carbonyl (C=O) groups is 1. The van der Waals surface area contributed by atoms with Crippen molar-refractivity contribution in [3.8, 4) is 0 Å². The quantitative estimate of drug-likeness (QED) is 0.598. The Morgan fingerprint density at radius 3 is 2.45 bits per heavy atom. The minimum absolute atomic E-state index is 0.363. The highest BCUT2D eigenvalue weighted by Crippen LogP contribution is 2.25. The van der Waals surface area contributed by atoms with Crippen LogP contribution < -0.4 is 5.73 Å². The molecular weight excluding hydrogens is 142 g/mol. The summed E-state index contributed by atoms with van der Waals surface area (Å²) < 4.78 is 0. The number of allylic oxidation sites excluding steroid dienone is 1. The standard InChI is InChI=1S/C8H15NO2/c1-4-5-8(3,6(2)9)7(10)11/h4,6H,1,5,9H2,2-3H3,(H,10,11). The molecule has 0 rings (SSSR count). The Hall–Kier alpha value is -0.830. The molecule has 0 saturated heterocycles. The minimum Gasteiger partial charge on any atom is -0.481 e. The summed E-state index contributed by atoms with van der Waals surface area (Å²) in [5, 5.41) is 8.81. The van der Waals surface area contributed by atoms with Crippen molar-refractivity contribution in [2.75, 3.05) is 0 Å². The van der Waals surface area contributed by atoms with Gasteiger partial charge in [-0.15, -0.1) is 6.58 Å². The van der Waals surface area contributed by atoms with Crippen molar-refractivity contribution in [2.24, 2.45) is 11.1 Å². The van der Waals surface area contributed by atoms with Gasteiger partial charge in [0, 0.05) is 6.04 Å². The topological polar surface area (TPSA) is 63.3 Å². The third-order valence-electron chi connectivity index (χ3n) is 2.06. The van der Waals surface area contributed by atoms with E-state index in [9.17, 15) is 4.79 Å². The number of hydrogen-bond acceptors (Lipinski definition) is 2. The molecule has 0 aliphatic rings. The van der Waals surface area contributed by atoms with Gasteiger partial charge in [-0.1, -0.05) is 6.08 Å². The Kier molecular flexibility index (Phi) is 3.26. The van der Waals surface area contributed by atoms with Crippen molar-refractivity contribution in [3.05, 3.63) is 12.7 Å². The van der Waals surface area contributed by atoms with Gasteiger partial charge < -0.3 is 10.8 Å². The number of nitrogens with two attached hydrogens (primary N) is 1. The number of aliphatic carboxylic acids is 1. The van der Waals surface area contributed by atoms with Crippen LogP contribution in [-0.4, -0.2) is 17.1 Å². The van der Waals surface area contributed by atoms with Crippen LogP contribution in [0.5, 0.6) is 0 Å². The first-order valence-electron chi connectivity index (χ1n) is 3.55. The summed E-state index contributed by atoms with van der Waals surface area (Å²) in [5.41, 5.74) is 4.66. The zero-order valence-electron chi connectivity index (χ0n) is 7.00. The maximum Gasteiger partial charge on any atom is 0.311 e. The molecule has 11 heavy (non-hydrogen) atoms. The van der Waals surface area contributed by atoms with Crippen molar-refractivity contribution in [1.82, 2.24) is 0 Å². The molecule has 3 N–H and O–H groups in total. The largest absolute Gasteiger partial charge is 0.481 e. The van der Waals surface area contributed by atoms with Crippen LogP contribution >= 0.6 is 0 Å². The van der Waals surface area contributed by atoms with E-state index in [0.29, 0.717) is 6.42 Å². The molecule has 2 unspecified atom stereocenters. The first kappa shape index (κ1) is 10.2. The summed E-state index contributed by atoms with van der Waals surface area (Å²) in [5.74, 6) is -0.868. The summed E-state index contributed by atoms with van der Waals surface area (Å²) in [7, 11) is 0. The molecule has 0 aliphatic heterocycles. The molecule has 0 heterocycles. The van der Waals surface area contributed by atoms with Crippen LogP contribution in [0, 0.1) is 5.41 Å². The normalized spacial score (nSPS) is 18.5. The molecule has 0 aliphatic carbocycles. The fraction of sp³-hybridized carbons (Fsp3) is 0.625. The van der Waals surface area contributed by atoms with Crippen molar-refractivity contribution in [3.63, 3.8) is 0 Å². The molecular formula is C8H15NO2. The van der Waals surface area contributed by atoms with Crippen LogP contribution in [0.25, 0.3) is 0 Å². The third-order valence-corrected chi connectivity index (χ3v) is 2.06. The molecule has 0 fully saturated rings. The third kappa shape index (κ3) is 2.05. The van der Waals surface area contributed by atoms with E-state index >= 15 is 0 Å². The van der Waals surface area contributed by atoms with E-state index < -0.39 is 11.4 Å². The molecule has 0 radical (unpaired) electrons. The van der Waals surface area contributed by atoms with E-state index in [2.05, 4.69) is 6.58 Å². The molecule has 64 valence electrons. The van der Waals surface area contributed by atoms with Gasteiger partial charge in [-0.3, -0.25) is 4.79 Å². The van der Waals surface area contributed by atoms with E-state index in [1.807, 2.05) is 0 Å². The second-order valence-corrected chi connectivity index (χ2v) is 3.00. The first-order chi connectivity index (χ1) is 4.95. The van der Waals surface area contributed by atoms with E-state index in [0.717, 1.165) is 0 Å². The van der Waals surface area contributed by atoms with Crippen LogP contribution in [0.1, 0.15) is 20.3 Å². The average Bonchev–Trinajstić information content (AvgIpc) is 1.87. The molecule has 0 aromatic heterocycles. The minimum atomic E-state index is -0.873. The lowest BCUT2D eigenvalue weighted by Crippen LogP contribution is -2.43. The highest BCUT2D eigenvalue weighted by Gasteiger charge is 2.35. The van der Waals surface area contributed by atoms with Gasteiger partial charge in [0.1, 0.15) is 0 Å². The van der Waals surface area contributed by atoms with Gasteiger partial charge in [0.15, 0.2) is 0 Å². The highest BCUT2D eigenvalue weighted by atomic mass is 16.4. The predicted octanol–water partition coefficient (Wildman–Crippen LogP) is 1.00. The fourth-order valence-electron chi connectivity index (χ4n) is 0.768. The molecule has 0 saturated carbocycles. The summed E-state index contributed by atoms with van der Waals surface area (Å²) >= 11 is 0. The van der Waals surface area contributed by atoms with Gasteiger partial charge in [-0.25, -0.2) is 0 Å². The van der Waals surface area contributed by atoms with Crippen LogP contribution in [0.4, 0.5) is 0 Å². The van der Waals surface area contributed by atoms with Crippen molar-refractivity contribution < 1.29 is 9.90 Å². The lowest BCUT2D eigenvalue weighted by molar-refractivity contribution is -0.148. The average molecular weight is 157 g/mol. The lowest BCUT2D eigenvalue weighted by atomic mass is 9.80. The van der Waals surface area contributed by atoms with E-state index in [1.165, 1.54) is 0 Å². The maximum atomic E-state index is 10.7. The SMILES string of the molecule is C=CCC(C)(C(=O)O)C(C)N. The summed E-state index contributed by atoms with van der Waals surface area (Å²) in [4.78, 5) is 10.7. The van der Waals surface area contributed by atoms with Gasteiger partial charge in [0.2, 0.25) is 0 Å². The molecule has 0 aromatic carbocycles. The van der Waals surface area contributed by atoms with E-state index in [4.69, 9.17) is 10.8 Å². The monoisotopic (exact) mass is 157 g/mol. The summed E-state index contributed by atoms with van der Waals surface area (Å²) in [6, 6.07) is -0.363. The van der Waals surface area contributed by atoms with E-state index in [-0.39, 0.29) is 6.04 Å². The number of carboxylic acid groups (broad SMARTS) is 1. The van der Waals surface area contributed by atoms with Crippen molar-refractivity contribution in [1.29, 1.82) is 0 Å². The Morgan fingerprint density at radius 1 is 1.91 bits per heavy atom. The Labute approximate surface area is 66.9 Å². The zero-order valence-corrected chi connectivity index (χ0v) is 7.00. The van der Waals surface area contributed by atoms with Crippen molar-refractivity contribution >= 4 is 5.97 Å². The Bertz CT molecular complexity index is 165. The number of carboxylic acids is 1. The molecule has 2 atom stereocenters. The molecule has 0 amide bonds. The molecule has 3 heteroatoms. The van der Waals surface area contributed by atoms with Crippen LogP contribution in [0.15, 0.2) is 12.7 Å². The van der Waals surface area contributed by atoms with Gasteiger partial charge in [0.25, 0.3) is 0 Å². The molecule has 3 nitrogen and oxygen atoms in total. The van der Waals surface area contributed by atoms with Crippen LogP contribution in [0.3, 0.4) is 0 Å². The highest BCUT2D eigenvalue weighted by molar-refractivity contribution is 5.75. The summed E-state index contributed by atoms with van der Waals surface area (Å²) in [6.45, 7) is 6.81. The second kappa shape index (κ2) is 3.53. The van der Waals surface area contributed by atoms with Crippen LogP contribution in [0.2, 0.25) is 0 Å². The van der Waals surface area contributed by atoms with Crippen LogP contribution in [-0.2, 0) is 4.79 Å².